The van der Waals surface area contributed by atoms with Crippen LogP contribution in [0.5, 0.6) is 5.75 Å². The van der Waals surface area contributed by atoms with E-state index in [1.54, 1.807) is 12.1 Å². The van der Waals surface area contributed by atoms with Crippen LogP contribution in [0.25, 0.3) is 0 Å². The van der Waals surface area contributed by atoms with Gasteiger partial charge in [-0.25, -0.2) is 0 Å². The molecule has 1 aromatic rings. The molecule has 0 spiro atoms. The second-order valence-electron chi connectivity index (χ2n) is 21.9. The van der Waals surface area contributed by atoms with E-state index in [0.29, 0.717) is 5.75 Å². The van der Waals surface area contributed by atoms with Crippen LogP contribution >= 0.6 is 0 Å². The van der Waals surface area contributed by atoms with Gasteiger partial charge in [-0.1, -0.05) is 122 Å². The number of phenols is 1. The Bertz CT molecular complexity index is 1220. The first-order valence-electron chi connectivity index (χ1n) is 26.1. The molecule has 1 aromatic carbocycles. The van der Waals surface area contributed by atoms with E-state index >= 15 is 0 Å². The molecular weight excluding hydrogens is 878 g/mol. The Kier molecular flexibility index (Phi) is 28.3. The molecule has 3 heteroatoms. The molecule has 8 rings (SSSR count). The molecule has 0 amide bonds. The Morgan fingerprint density at radius 3 is 1.12 bits per heavy atom. The van der Waals surface area contributed by atoms with Crippen molar-refractivity contribution < 1.29 is 70.5 Å². The first kappa shape index (κ1) is 55.0. The van der Waals surface area contributed by atoms with Crippen molar-refractivity contribution in [2.45, 2.75) is 220 Å². The maximum Gasteiger partial charge on any atom is 0.115 e. The zero-order valence-electron chi connectivity index (χ0n) is 40.2. The Morgan fingerprint density at radius 2 is 0.767 bits per heavy atom. The van der Waals surface area contributed by atoms with Crippen molar-refractivity contribution in [2.75, 3.05) is 0 Å². The van der Waals surface area contributed by atoms with Gasteiger partial charge >= 0.3 is 0 Å². The number of allylic oxidation sites excluding steroid dienone is 3. The van der Waals surface area contributed by atoms with E-state index in [2.05, 4.69) is 78.0 Å². The maximum absolute atomic E-state index is 9.20. The molecule has 60 heavy (non-hydrogen) atoms. The van der Waals surface area contributed by atoms with Gasteiger partial charge in [-0.15, -0.1) is 6.58 Å². The molecule has 1 N–H and O–H groups in total. The molecule has 0 aromatic heterocycles. The zero-order chi connectivity index (χ0) is 41.1. The smallest absolute Gasteiger partial charge is 0.115 e. The monoisotopic (exact) mass is 974 g/mol. The third-order valence-corrected chi connectivity index (χ3v) is 17.5. The number of aromatic hydroxyl groups is 1. The van der Waals surface area contributed by atoms with Gasteiger partial charge in [-0.05, 0) is 204 Å². The van der Waals surface area contributed by atoms with Crippen LogP contribution in [0.2, 0.25) is 0 Å². The van der Waals surface area contributed by atoms with Crippen molar-refractivity contribution in [3.8, 4) is 5.75 Å². The fourth-order valence-electron chi connectivity index (χ4n) is 13.0. The van der Waals surface area contributed by atoms with Gasteiger partial charge in [-0.3, -0.25) is 0 Å². The maximum atomic E-state index is 9.20. The van der Waals surface area contributed by atoms with Crippen molar-refractivity contribution in [3.05, 3.63) is 61.1 Å². The van der Waals surface area contributed by atoms with Crippen LogP contribution in [0.1, 0.15) is 226 Å². The van der Waals surface area contributed by atoms with Crippen molar-refractivity contribution in [1.82, 2.24) is 0 Å². The molecule has 0 atom stereocenters. The zero-order valence-corrected chi connectivity index (χ0v) is 45.9. The van der Waals surface area contributed by atoms with E-state index < -0.39 is 0 Å². The minimum atomic E-state index is 0. The summed E-state index contributed by atoms with van der Waals surface area (Å²) in [4.78, 5) is 0. The molecule has 7 aliphatic rings. The molecule has 0 unspecified atom stereocenters. The summed E-state index contributed by atoms with van der Waals surface area (Å²) < 4.78 is 0. The number of hydrogen-bond donors (Lipinski definition) is 1. The average molecular weight is 974 g/mol. The van der Waals surface area contributed by atoms with Gasteiger partial charge < -0.3 is 11.5 Å². The van der Waals surface area contributed by atoms with Crippen LogP contribution in [0.15, 0.2) is 49.1 Å². The summed E-state index contributed by atoms with van der Waals surface area (Å²) in [6, 6.07) is 7.73. The number of phenolic OH excluding ortho intramolecular Hbond substituents is 1. The topological polar surface area (TPSA) is 20.2 Å². The summed E-state index contributed by atoms with van der Waals surface area (Å²) in [5.74, 6) is 13.3. The van der Waals surface area contributed by atoms with E-state index in [-0.39, 0.29) is 65.4 Å². The molecular formula is C57H95OY2-. The van der Waals surface area contributed by atoms with Gasteiger partial charge in [0.25, 0.3) is 0 Å². The van der Waals surface area contributed by atoms with Crippen molar-refractivity contribution in [3.63, 3.8) is 0 Å². The fraction of sp³-hybridized carbons (Fsp3) is 0.807. The summed E-state index contributed by atoms with van der Waals surface area (Å²) in [6.45, 7) is 15.7. The Hall–Kier alpha value is 0.708. The Balaban J connectivity index is 0.000000212. The van der Waals surface area contributed by atoms with Crippen molar-refractivity contribution >= 4 is 0 Å². The van der Waals surface area contributed by atoms with Crippen molar-refractivity contribution in [1.29, 1.82) is 0 Å². The normalized spacial score (nSPS) is 36.2. The molecule has 1 nitrogen and oxygen atoms in total. The summed E-state index contributed by atoms with van der Waals surface area (Å²) in [6.07, 6.45) is 50.4. The summed E-state index contributed by atoms with van der Waals surface area (Å²) >= 11 is 0. The standard InChI is InChI=1S/C16H28.C15H26.C13H18O.C13H23.2Y/c1-3-4-14-7-11-16(12-8-14)15-9-5-13(2)6-10-15;1-3-13-6-10-15(11-7-13)14-8-4-12(2)5-9-14;1-10-2-4-11(5-3-10)12-6-8-13(14)9-7-12;1-11-7-9-13(10-8-11)12-5-3-2-4-6-12;;/h3-4,13-16H,5-12H2,1-2H3;3,12-15H,1,4-11H2,2H3;6-11,14H,2-5H2,1H3;2,11-13H,3-10H2,1H3;;/q;;;-1;;/b4-3+;;;;;. The van der Waals surface area contributed by atoms with Crippen LogP contribution in [0.3, 0.4) is 0 Å². The molecule has 2 radical (unpaired) electrons. The molecule has 7 aliphatic carbocycles. The molecule has 7 saturated carbocycles. The van der Waals surface area contributed by atoms with Crippen LogP contribution in [0.4, 0.5) is 0 Å². The van der Waals surface area contributed by atoms with Gasteiger partial charge in [-0.2, -0.15) is 12.8 Å². The van der Waals surface area contributed by atoms with Crippen LogP contribution in [0, 0.1) is 77.4 Å². The van der Waals surface area contributed by atoms with E-state index in [1.807, 2.05) is 0 Å². The Morgan fingerprint density at radius 1 is 0.450 bits per heavy atom. The fourth-order valence-corrected chi connectivity index (χ4v) is 13.0. The minimum absolute atomic E-state index is 0. The van der Waals surface area contributed by atoms with Gasteiger partial charge in [0.2, 0.25) is 0 Å². The minimum Gasteiger partial charge on any atom is -0.508 e. The number of hydrogen-bond acceptors (Lipinski definition) is 1. The van der Waals surface area contributed by atoms with Gasteiger partial charge in [0.15, 0.2) is 0 Å². The number of benzene rings is 1. The van der Waals surface area contributed by atoms with E-state index in [1.165, 1.54) is 185 Å². The summed E-state index contributed by atoms with van der Waals surface area (Å²) in [5.41, 5.74) is 1.40. The van der Waals surface area contributed by atoms with Gasteiger partial charge in [0.1, 0.15) is 5.75 Å². The summed E-state index contributed by atoms with van der Waals surface area (Å²) in [5, 5.41) is 9.20. The third-order valence-electron chi connectivity index (χ3n) is 17.5. The largest absolute Gasteiger partial charge is 0.508 e. The van der Waals surface area contributed by atoms with E-state index in [9.17, 15) is 5.11 Å². The predicted octanol–water partition coefficient (Wildman–Crippen LogP) is 17.9. The van der Waals surface area contributed by atoms with Crippen LogP contribution < -0.4 is 0 Å². The second kappa shape index (κ2) is 30.8. The molecule has 0 bridgehead atoms. The Labute approximate surface area is 424 Å². The van der Waals surface area contributed by atoms with E-state index in [0.717, 1.165) is 76.9 Å². The second-order valence-corrected chi connectivity index (χ2v) is 21.9. The van der Waals surface area contributed by atoms with Crippen molar-refractivity contribution in [2.24, 2.45) is 71.0 Å². The molecule has 0 heterocycles. The first-order chi connectivity index (χ1) is 28.2. The first-order valence-corrected chi connectivity index (χ1v) is 26.1. The molecule has 7 fully saturated rings. The van der Waals surface area contributed by atoms with E-state index in [4.69, 9.17) is 0 Å². The molecule has 0 aliphatic heterocycles. The van der Waals surface area contributed by atoms with Crippen LogP contribution in [-0.4, -0.2) is 5.11 Å². The van der Waals surface area contributed by atoms with Crippen LogP contribution in [-0.2, 0) is 65.4 Å². The quantitative estimate of drug-likeness (QED) is 0.222. The average Bonchev–Trinajstić information content (AvgIpc) is 3.27. The molecule has 0 saturated heterocycles. The molecule has 336 valence electrons. The number of rotatable bonds is 6. The van der Waals surface area contributed by atoms with Gasteiger partial charge in [0.05, 0.1) is 0 Å². The predicted molar refractivity (Wildman–Crippen MR) is 254 cm³/mol. The third kappa shape index (κ3) is 19.7. The SMILES string of the molecule is C/C=C/C1CCC(C2CCC(C)CC2)CC1.C=CC1CCC(C2CCC(C)CC2)CC1.CC1CCC(C2CC[CH-]CC2)CC1.CC1CCC(c2ccc(O)cc2)CC1.[Y].[Y]. The summed E-state index contributed by atoms with van der Waals surface area (Å²) in [7, 11) is 0. The van der Waals surface area contributed by atoms with Gasteiger partial charge in [0, 0.05) is 65.4 Å².